The monoisotopic (exact) mass is 352 g/mol. The van der Waals surface area contributed by atoms with E-state index in [4.69, 9.17) is 21.1 Å². The third-order valence-electron chi connectivity index (χ3n) is 4.36. The van der Waals surface area contributed by atoms with Gasteiger partial charge in [-0.25, -0.2) is 14.6 Å². The quantitative estimate of drug-likeness (QED) is 0.462. The van der Waals surface area contributed by atoms with Crippen LogP contribution in [0, 0.1) is 13.8 Å². The number of hydrogen-bond donors (Lipinski definition) is 0. The molecule has 5 rings (SSSR count). The van der Waals surface area contributed by atoms with Crippen molar-refractivity contribution in [3.05, 3.63) is 52.8 Å². The standard InChI is InChI=1S/C17H13ClN6O/c1-9-5-13(22-25-9)16-20-17-12-6-11(18)3-4-14(12)23-8-19-10(2)15(23)7-24(17)21-16/h3-6,8H,7H2,1-2H3. The fourth-order valence-electron chi connectivity index (χ4n) is 3.13. The highest BCUT2D eigenvalue weighted by Crippen LogP contribution is 2.34. The smallest absolute Gasteiger partial charge is 0.203 e. The number of nitrogens with zero attached hydrogens (tertiary/aromatic N) is 6. The maximum atomic E-state index is 6.25. The Hall–Kier alpha value is -2.93. The van der Waals surface area contributed by atoms with Gasteiger partial charge in [-0.05, 0) is 32.0 Å². The van der Waals surface area contributed by atoms with E-state index in [1.54, 1.807) is 0 Å². The first kappa shape index (κ1) is 14.4. The highest BCUT2D eigenvalue weighted by Gasteiger charge is 2.25. The molecular weight excluding hydrogens is 340 g/mol. The first-order valence-corrected chi connectivity index (χ1v) is 8.19. The first-order valence-electron chi connectivity index (χ1n) is 7.82. The number of aryl methyl sites for hydroxylation is 2. The van der Waals surface area contributed by atoms with E-state index in [-0.39, 0.29) is 0 Å². The number of rotatable bonds is 1. The summed E-state index contributed by atoms with van der Waals surface area (Å²) in [5, 5.41) is 9.31. The van der Waals surface area contributed by atoms with Crippen LogP contribution in [0.15, 0.2) is 35.1 Å². The van der Waals surface area contributed by atoms with Gasteiger partial charge in [0.15, 0.2) is 11.5 Å². The SMILES string of the molecule is Cc1cc(-c2nc3n(n2)Cc2c(C)ncn2-c2ccc(Cl)cc2-3)no1. The Bertz CT molecular complexity index is 1120. The van der Waals surface area contributed by atoms with Crippen LogP contribution >= 0.6 is 11.6 Å². The zero-order chi connectivity index (χ0) is 17.1. The van der Waals surface area contributed by atoms with Crippen molar-refractivity contribution in [2.45, 2.75) is 20.4 Å². The molecule has 4 heterocycles. The van der Waals surface area contributed by atoms with Gasteiger partial charge in [-0.1, -0.05) is 16.8 Å². The van der Waals surface area contributed by atoms with E-state index in [2.05, 4.69) is 19.8 Å². The Morgan fingerprint density at radius 2 is 2.08 bits per heavy atom. The number of halogens is 1. The molecule has 1 aliphatic heterocycles. The molecular formula is C17H13ClN6O. The van der Waals surface area contributed by atoms with E-state index in [9.17, 15) is 0 Å². The lowest BCUT2D eigenvalue weighted by atomic mass is 10.1. The summed E-state index contributed by atoms with van der Waals surface area (Å²) in [6.07, 6.45) is 1.83. The number of benzene rings is 1. The summed E-state index contributed by atoms with van der Waals surface area (Å²) in [5.74, 6) is 2.00. The average molecular weight is 353 g/mol. The van der Waals surface area contributed by atoms with Crippen molar-refractivity contribution in [1.82, 2.24) is 29.5 Å². The van der Waals surface area contributed by atoms with Crippen LogP contribution in [0.1, 0.15) is 17.1 Å². The minimum atomic E-state index is 0.531. The van der Waals surface area contributed by atoms with Gasteiger partial charge in [0.1, 0.15) is 5.76 Å². The van der Waals surface area contributed by atoms with Gasteiger partial charge in [0, 0.05) is 16.7 Å². The Morgan fingerprint density at radius 3 is 2.88 bits per heavy atom. The second-order valence-corrected chi connectivity index (χ2v) is 6.48. The summed E-state index contributed by atoms with van der Waals surface area (Å²) in [4.78, 5) is 9.15. The Kier molecular flexibility index (Phi) is 2.90. The molecule has 3 aromatic heterocycles. The van der Waals surface area contributed by atoms with E-state index in [1.807, 2.05) is 49.1 Å². The van der Waals surface area contributed by atoms with Crippen LogP contribution < -0.4 is 0 Å². The molecule has 0 bridgehead atoms. The van der Waals surface area contributed by atoms with E-state index < -0.39 is 0 Å². The second kappa shape index (κ2) is 5.03. The van der Waals surface area contributed by atoms with Crippen molar-refractivity contribution in [2.24, 2.45) is 0 Å². The van der Waals surface area contributed by atoms with Crippen LogP contribution in [0.25, 0.3) is 28.6 Å². The Balaban J connectivity index is 1.79. The number of imidazole rings is 1. The van der Waals surface area contributed by atoms with Gasteiger partial charge in [-0.15, -0.1) is 5.10 Å². The molecule has 0 aliphatic carbocycles. The minimum Gasteiger partial charge on any atom is -0.361 e. The van der Waals surface area contributed by atoms with Gasteiger partial charge in [-0.2, -0.15) is 0 Å². The van der Waals surface area contributed by atoms with Crippen molar-refractivity contribution in [3.63, 3.8) is 0 Å². The summed E-state index contributed by atoms with van der Waals surface area (Å²) in [5.41, 5.74) is 4.53. The molecule has 0 N–H and O–H groups in total. The molecule has 1 aliphatic rings. The third kappa shape index (κ3) is 2.12. The van der Waals surface area contributed by atoms with Crippen molar-refractivity contribution in [3.8, 4) is 28.6 Å². The molecule has 4 aromatic rings. The topological polar surface area (TPSA) is 74.6 Å². The van der Waals surface area contributed by atoms with E-state index in [1.165, 1.54) is 0 Å². The lowest BCUT2D eigenvalue weighted by Gasteiger charge is -2.08. The van der Waals surface area contributed by atoms with Crippen molar-refractivity contribution >= 4 is 11.6 Å². The zero-order valence-corrected chi connectivity index (χ0v) is 14.3. The largest absolute Gasteiger partial charge is 0.361 e. The number of aromatic nitrogens is 6. The highest BCUT2D eigenvalue weighted by molar-refractivity contribution is 6.31. The molecule has 8 heteroatoms. The van der Waals surface area contributed by atoms with Crippen LogP contribution in [-0.2, 0) is 6.54 Å². The predicted octanol–water partition coefficient (Wildman–Crippen LogP) is 3.42. The van der Waals surface area contributed by atoms with E-state index in [0.29, 0.717) is 23.1 Å². The van der Waals surface area contributed by atoms with Crippen molar-refractivity contribution in [1.29, 1.82) is 0 Å². The Morgan fingerprint density at radius 1 is 1.20 bits per heavy atom. The van der Waals surface area contributed by atoms with Crippen molar-refractivity contribution < 1.29 is 4.52 Å². The maximum absolute atomic E-state index is 6.25. The number of fused-ring (bicyclic) bond motifs is 5. The lowest BCUT2D eigenvalue weighted by molar-refractivity contribution is 0.399. The Labute approximate surface area is 147 Å². The zero-order valence-electron chi connectivity index (χ0n) is 13.6. The fourth-order valence-corrected chi connectivity index (χ4v) is 3.30. The summed E-state index contributed by atoms with van der Waals surface area (Å²) >= 11 is 6.25. The summed E-state index contributed by atoms with van der Waals surface area (Å²) in [6, 6.07) is 7.57. The molecule has 124 valence electrons. The molecule has 0 unspecified atom stereocenters. The molecule has 0 saturated carbocycles. The lowest BCUT2D eigenvalue weighted by Crippen LogP contribution is -2.05. The molecule has 7 nitrogen and oxygen atoms in total. The molecule has 0 saturated heterocycles. The highest BCUT2D eigenvalue weighted by atomic mass is 35.5. The average Bonchev–Trinajstić information content (AvgIpc) is 3.27. The molecule has 0 atom stereocenters. The van der Waals surface area contributed by atoms with Crippen LogP contribution in [0.3, 0.4) is 0 Å². The van der Waals surface area contributed by atoms with Gasteiger partial charge in [0.2, 0.25) is 5.82 Å². The van der Waals surface area contributed by atoms with Crippen LogP contribution in [-0.4, -0.2) is 29.5 Å². The molecule has 1 aromatic carbocycles. The van der Waals surface area contributed by atoms with Gasteiger partial charge >= 0.3 is 0 Å². The summed E-state index contributed by atoms with van der Waals surface area (Å²) in [7, 11) is 0. The minimum absolute atomic E-state index is 0.531. The van der Waals surface area contributed by atoms with Crippen LogP contribution in [0.2, 0.25) is 5.02 Å². The second-order valence-electron chi connectivity index (χ2n) is 6.05. The van der Waals surface area contributed by atoms with E-state index in [0.717, 1.165) is 34.2 Å². The van der Waals surface area contributed by atoms with Crippen LogP contribution in [0.4, 0.5) is 0 Å². The summed E-state index contributed by atoms with van der Waals surface area (Å²) in [6.45, 7) is 4.40. The van der Waals surface area contributed by atoms with Crippen LogP contribution in [0.5, 0.6) is 0 Å². The fraction of sp³-hybridized carbons (Fsp3) is 0.176. The normalized spacial score (nSPS) is 12.4. The summed E-state index contributed by atoms with van der Waals surface area (Å²) < 4.78 is 9.08. The molecule has 0 amide bonds. The maximum Gasteiger partial charge on any atom is 0.203 e. The van der Waals surface area contributed by atoms with E-state index >= 15 is 0 Å². The molecule has 0 spiro atoms. The molecule has 25 heavy (non-hydrogen) atoms. The van der Waals surface area contributed by atoms with Gasteiger partial charge in [-0.3, -0.25) is 0 Å². The third-order valence-corrected chi connectivity index (χ3v) is 4.60. The van der Waals surface area contributed by atoms with Gasteiger partial charge < -0.3 is 9.09 Å². The number of hydrogen-bond acceptors (Lipinski definition) is 5. The van der Waals surface area contributed by atoms with Crippen molar-refractivity contribution in [2.75, 3.05) is 0 Å². The predicted molar refractivity (Wildman–Crippen MR) is 91.7 cm³/mol. The molecule has 0 fully saturated rings. The molecule has 0 radical (unpaired) electrons. The van der Waals surface area contributed by atoms with Gasteiger partial charge in [0.25, 0.3) is 0 Å². The first-order chi connectivity index (χ1) is 12.1. The van der Waals surface area contributed by atoms with Gasteiger partial charge in [0.05, 0.1) is 29.9 Å².